The molecule has 18 heavy (non-hydrogen) atoms. The van der Waals surface area contributed by atoms with E-state index < -0.39 is 6.10 Å². The van der Waals surface area contributed by atoms with Gasteiger partial charge in [0.15, 0.2) is 17.4 Å². The molecule has 1 unspecified atom stereocenters. The molecule has 0 saturated carbocycles. The van der Waals surface area contributed by atoms with Gasteiger partial charge in [-0.15, -0.1) is 0 Å². The Morgan fingerprint density at radius 1 is 1.39 bits per heavy atom. The predicted octanol–water partition coefficient (Wildman–Crippen LogP) is 1.74. The molecule has 1 aromatic rings. The molecule has 1 atom stereocenters. The number of aliphatic hydroxyl groups excluding tert-OH is 1. The van der Waals surface area contributed by atoms with Crippen molar-refractivity contribution in [2.24, 2.45) is 0 Å². The summed E-state index contributed by atoms with van der Waals surface area (Å²) in [6.45, 7) is 0.385. The van der Waals surface area contributed by atoms with Crippen LogP contribution in [0.2, 0.25) is 0 Å². The van der Waals surface area contributed by atoms with E-state index in [0.717, 1.165) is 5.69 Å². The zero-order valence-corrected chi connectivity index (χ0v) is 9.79. The second-order valence-corrected chi connectivity index (χ2v) is 3.94. The highest BCUT2D eigenvalue weighted by molar-refractivity contribution is 5.60. The van der Waals surface area contributed by atoms with E-state index in [4.69, 9.17) is 15.3 Å². The van der Waals surface area contributed by atoms with Gasteiger partial charge in [-0.25, -0.2) is 0 Å². The van der Waals surface area contributed by atoms with E-state index in [9.17, 15) is 5.11 Å². The van der Waals surface area contributed by atoms with E-state index in [1.807, 2.05) is 30.1 Å². The summed E-state index contributed by atoms with van der Waals surface area (Å²) in [5, 5.41) is 27.3. The number of rotatable bonds is 1. The van der Waals surface area contributed by atoms with Gasteiger partial charge in [0, 0.05) is 7.05 Å². The number of ether oxygens (including phenoxy) is 1. The van der Waals surface area contributed by atoms with Crippen molar-refractivity contribution in [3.8, 4) is 17.9 Å². The third kappa shape index (κ3) is 1.94. The molecular weight excluding hydrogens is 230 g/mol. The van der Waals surface area contributed by atoms with E-state index in [-0.39, 0.29) is 11.3 Å². The molecule has 1 N–H and O–H groups in total. The molecule has 1 aliphatic heterocycles. The highest BCUT2D eigenvalue weighted by Gasteiger charge is 2.28. The van der Waals surface area contributed by atoms with Gasteiger partial charge in [0.2, 0.25) is 0 Å². The van der Waals surface area contributed by atoms with Gasteiger partial charge in [0.1, 0.15) is 17.9 Å². The Morgan fingerprint density at radius 2 is 2.06 bits per heavy atom. The van der Waals surface area contributed by atoms with Gasteiger partial charge in [0.25, 0.3) is 0 Å². The van der Waals surface area contributed by atoms with Crippen LogP contribution in [0.5, 0.6) is 5.75 Å². The monoisotopic (exact) mass is 241 g/mol. The van der Waals surface area contributed by atoms with Crippen molar-refractivity contribution in [2.75, 3.05) is 18.5 Å². The van der Waals surface area contributed by atoms with Gasteiger partial charge in [0.05, 0.1) is 12.2 Å². The molecule has 1 aromatic carbocycles. The van der Waals surface area contributed by atoms with Crippen molar-refractivity contribution >= 4 is 5.69 Å². The number of likely N-dealkylation sites (N-methyl/N-ethyl adjacent to an activating group) is 1. The first-order valence-electron chi connectivity index (χ1n) is 5.37. The minimum Gasteiger partial charge on any atom is -0.506 e. The van der Waals surface area contributed by atoms with Crippen LogP contribution in [0.25, 0.3) is 0 Å². The van der Waals surface area contributed by atoms with Crippen LogP contribution in [0.1, 0.15) is 0 Å². The Labute approximate surface area is 105 Å². The van der Waals surface area contributed by atoms with Crippen molar-refractivity contribution in [3.63, 3.8) is 0 Å². The smallest absolute Gasteiger partial charge is 0.175 e. The van der Waals surface area contributed by atoms with Crippen molar-refractivity contribution in [2.45, 2.75) is 6.10 Å². The largest absolute Gasteiger partial charge is 0.506 e. The van der Waals surface area contributed by atoms with Crippen LogP contribution >= 0.6 is 0 Å². The Kier molecular flexibility index (Phi) is 3.07. The number of para-hydroxylation sites is 2. The number of nitriles is 2. The maximum Gasteiger partial charge on any atom is 0.175 e. The Bertz CT molecular complexity index is 565. The number of hydrogen-bond donors (Lipinski definition) is 1. The number of anilines is 1. The Balaban J connectivity index is 2.36. The van der Waals surface area contributed by atoms with E-state index >= 15 is 0 Å². The number of nitrogens with zero attached hydrogens (tertiary/aromatic N) is 3. The third-order valence-electron chi connectivity index (χ3n) is 2.77. The standard InChI is InChI=1S/C13H11N3O2/c1-16-8-12(13(17)9(6-14)7-15)18-11-5-3-2-4-10(11)16/h2-5,12,17H,8H2,1H3. The lowest BCUT2D eigenvalue weighted by molar-refractivity contribution is 0.170. The molecule has 0 saturated heterocycles. The number of allylic oxidation sites excluding steroid dienone is 1. The van der Waals surface area contributed by atoms with Crippen LogP contribution in [0, 0.1) is 22.7 Å². The van der Waals surface area contributed by atoms with Crippen LogP contribution in [0.3, 0.4) is 0 Å². The summed E-state index contributed by atoms with van der Waals surface area (Å²) in [6.07, 6.45) is -0.695. The SMILES string of the molecule is CN1CC(C(O)=C(C#N)C#N)Oc2ccccc21. The van der Waals surface area contributed by atoms with Crippen LogP contribution < -0.4 is 9.64 Å². The quantitative estimate of drug-likeness (QED) is 0.598. The summed E-state index contributed by atoms with van der Waals surface area (Å²) >= 11 is 0. The normalized spacial score (nSPS) is 16.8. The van der Waals surface area contributed by atoms with Gasteiger partial charge in [-0.05, 0) is 12.1 Å². The highest BCUT2D eigenvalue weighted by Crippen LogP contribution is 2.33. The van der Waals surface area contributed by atoms with Crippen molar-refractivity contribution in [1.29, 1.82) is 10.5 Å². The fourth-order valence-corrected chi connectivity index (χ4v) is 1.85. The average Bonchev–Trinajstić information content (AvgIpc) is 2.40. The van der Waals surface area contributed by atoms with E-state index in [2.05, 4.69) is 0 Å². The van der Waals surface area contributed by atoms with Crippen molar-refractivity contribution in [1.82, 2.24) is 0 Å². The minimum absolute atomic E-state index is 0.312. The molecule has 5 heteroatoms. The fourth-order valence-electron chi connectivity index (χ4n) is 1.85. The summed E-state index contributed by atoms with van der Waals surface area (Å²) in [7, 11) is 1.86. The predicted molar refractivity (Wildman–Crippen MR) is 65.0 cm³/mol. The van der Waals surface area contributed by atoms with Crippen molar-refractivity contribution < 1.29 is 9.84 Å². The average molecular weight is 241 g/mol. The molecule has 90 valence electrons. The Morgan fingerprint density at radius 3 is 2.72 bits per heavy atom. The molecule has 1 aliphatic rings. The molecule has 0 bridgehead atoms. The van der Waals surface area contributed by atoms with Gasteiger partial charge < -0.3 is 14.7 Å². The van der Waals surface area contributed by atoms with Gasteiger partial charge in [-0.3, -0.25) is 0 Å². The molecule has 2 rings (SSSR count). The lowest BCUT2D eigenvalue weighted by Gasteiger charge is -2.33. The summed E-state index contributed by atoms with van der Waals surface area (Å²) < 4.78 is 5.60. The molecule has 0 aliphatic carbocycles. The number of fused-ring (bicyclic) bond motifs is 1. The van der Waals surface area contributed by atoms with E-state index in [1.165, 1.54) is 0 Å². The summed E-state index contributed by atoms with van der Waals surface area (Å²) in [4.78, 5) is 1.91. The maximum atomic E-state index is 9.86. The Hall–Kier alpha value is -2.66. The number of hydrogen-bond acceptors (Lipinski definition) is 5. The second kappa shape index (κ2) is 4.68. The zero-order valence-electron chi connectivity index (χ0n) is 9.79. The molecule has 0 aromatic heterocycles. The molecule has 0 radical (unpaired) electrons. The summed E-state index contributed by atoms with van der Waals surface area (Å²) in [5.41, 5.74) is 0.602. The van der Waals surface area contributed by atoms with Gasteiger partial charge >= 0.3 is 0 Å². The highest BCUT2D eigenvalue weighted by atomic mass is 16.5. The first-order valence-corrected chi connectivity index (χ1v) is 5.37. The van der Waals surface area contributed by atoms with Crippen LogP contribution in [-0.2, 0) is 0 Å². The molecule has 1 heterocycles. The number of benzene rings is 1. The van der Waals surface area contributed by atoms with Crippen LogP contribution in [0.15, 0.2) is 35.6 Å². The van der Waals surface area contributed by atoms with Crippen LogP contribution in [0.4, 0.5) is 5.69 Å². The topological polar surface area (TPSA) is 80.3 Å². The lowest BCUT2D eigenvalue weighted by Crippen LogP contribution is -2.39. The van der Waals surface area contributed by atoms with Crippen LogP contribution in [-0.4, -0.2) is 24.8 Å². The fraction of sp³-hybridized carbons (Fsp3) is 0.231. The van der Waals surface area contributed by atoms with Gasteiger partial charge in [-0.2, -0.15) is 10.5 Å². The maximum absolute atomic E-state index is 9.86. The number of aliphatic hydroxyl groups is 1. The summed E-state index contributed by atoms with van der Waals surface area (Å²) in [5.74, 6) is 0.305. The first-order chi connectivity index (χ1) is 8.67. The molecule has 5 nitrogen and oxygen atoms in total. The van der Waals surface area contributed by atoms with E-state index in [1.54, 1.807) is 18.2 Å². The zero-order chi connectivity index (χ0) is 13.1. The lowest BCUT2D eigenvalue weighted by atomic mass is 10.1. The third-order valence-corrected chi connectivity index (χ3v) is 2.77. The summed E-state index contributed by atoms with van der Waals surface area (Å²) in [6, 6.07) is 10.7. The van der Waals surface area contributed by atoms with Crippen molar-refractivity contribution in [3.05, 3.63) is 35.6 Å². The second-order valence-electron chi connectivity index (χ2n) is 3.94. The molecule has 0 amide bonds. The molecule has 0 spiro atoms. The molecule has 0 fully saturated rings. The van der Waals surface area contributed by atoms with E-state index in [0.29, 0.717) is 12.3 Å². The molecular formula is C13H11N3O2. The van der Waals surface area contributed by atoms with Gasteiger partial charge in [-0.1, -0.05) is 12.1 Å². The minimum atomic E-state index is -0.695. The first kappa shape index (κ1) is 11.8.